The van der Waals surface area contributed by atoms with Crippen LogP contribution >= 0.6 is 0 Å². The standard InChI is InChI=1S/C36H40N8O/c1-26-19-33(39-15-18-43(2)16-8-4-7-11-27-9-5-3-6-10-27)31-13-12-30(21-34(31)42-26)45-24-28-20-29(23-38-22-28)44-17-14-32-35(37)40-25-41-36(32)44/h3,5-6,9-10,12-14,17,19-23,25H,4,7-8,11,15-16,18,24H2,1-2H3,(H,39,42)(H2,37,40,41). The van der Waals surface area contributed by atoms with Crippen molar-refractivity contribution in [3.63, 3.8) is 0 Å². The van der Waals surface area contributed by atoms with Crippen molar-refractivity contribution in [2.45, 2.75) is 39.2 Å². The molecule has 0 spiro atoms. The summed E-state index contributed by atoms with van der Waals surface area (Å²) in [6, 6.07) is 22.9. The zero-order valence-corrected chi connectivity index (χ0v) is 26.0. The molecule has 0 amide bonds. The lowest BCUT2D eigenvalue weighted by Crippen LogP contribution is -2.26. The van der Waals surface area contributed by atoms with E-state index in [4.69, 9.17) is 15.5 Å². The third-order valence-electron chi connectivity index (χ3n) is 8.04. The number of nitrogens with two attached hydrogens (primary N) is 1. The maximum Gasteiger partial charge on any atom is 0.150 e. The Morgan fingerprint density at radius 1 is 0.889 bits per heavy atom. The summed E-state index contributed by atoms with van der Waals surface area (Å²) >= 11 is 0. The molecule has 0 bridgehead atoms. The van der Waals surface area contributed by atoms with Crippen molar-refractivity contribution >= 4 is 33.4 Å². The molecule has 4 aromatic heterocycles. The highest BCUT2D eigenvalue weighted by Gasteiger charge is 2.10. The molecule has 0 aliphatic heterocycles. The van der Waals surface area contributed by atoms with Crippen LogP contribution in [0.4, 0.5) is 11.5 Å². The van der Waals surface area contributed by atoms with E-state index in [1.165, 1.54) is 31.2 Å². The molecule has 45 heavy (non-hydrogen) atoms. The fraction of sp³-hybridized carbons (Fsp3) is 0.278. The Kier molecular flexibility index (Phi) is 9.46. The zero-order chi connectivity index (χ0) is 31.0. The minimum atomic E-state index is 0.373. The van der Waals surface area contributed by atoms with Gasteiger partial charge in [-0.05, 0) is 75.7 Å². The number of hydrogen-bond donors (Lipinski definition) is 2. The number of benzene rings is 2. The number of nitrogens with zero attached hydrogens (tertiary/aromatic N) is 6. The number of unbranched alkanes of at least 4 members (excludes halogenated alkanes) is 2. The number of rotatable bonds is 14. The second-order valence-electron chi connectivity index (χ2n) is 11.5. The Morgan fingerprint density at radius 3 is 2.67 bits per heavy atom. The SMILES string of the molecule is Cc1cc(NCCN(C)CCCCCc2ccccc2)c2ccc(OCc3cncc(-n4ccc5c(N)ncnc54)c3)cc2n1. The lowest BCUT2D eigenvalue weighted by Gasteiger charge is -2.18. The highest BCUT2D eigenvalue weighted by Crippen LogP contribution is 2.28. The van der Waals surface area contributed by atoms with Crippen molar-refractivity contribution in [1.82, 2.24) is 29.4 Å². The van der Waals surface area contributed by atoms with Crippen LogP contribution in [0, 0.1) is 6.92 Å². The summed E-state index contributed by atoms with van der Waals surface area (Å²) in [4.78, 5) is 20.1. The number of aryl methyl sites for hydroxylation is 2. The molecule has 0 saturated heterocycles. The van der Waals surface area contributed by atoms with Crippen LogP contribution in [0.15, 0.2) is 91.6 Å². The summed E-state index contributed by atoms with van der Waals surface area (Å²) < 4.78 is 8.14. The molecule has 0 saturated carbocycles. The zero-order valence-electron chi connectivity index (χ0n) is 26.0. The summed E-state index contributed by atoms with van der Waals surface area (Å²) in [6.45, 7) is 5.36. The van der Waals surface area contributed by atoms with Crippen LogP contribution in [0.5, 0.6) is 5.75 Å². The van der Waals surface area contributed by atoms with Gasteiger partial charge in [0.1, 0.15) is 30.1 Å². The van der Waals surface area contributed by atoms with Gasteiger partial charge in [0, 0.05) is 53.9 Å². The van der Waals surface area contributed by atoms with Crippen molar-refractivity contribution in [2.24, 2.45) is 0 Å². The molecule has 2 aromatic carbocycles. The van der Waals surface area contributed by atoms with Crippen LogP contribution in [0.1, 0.15) is 36.1 Å². The number of ether oxygens (including phenoxy) is 1. The predicted molar refractivity (Wildman–Crippen MR) is 182 cm³/mol. The summed E-state index contributed by atoms with van der Waals surface area (Å²) in [6.07, 6.45) is 11.9. The van der Waals surface area contributed by atoms with E-state index >= 15 is 0 Å². The lowest BCUT2D eigenvalue weighted by atomic mass is 10.1. The molecule has 3 N–H and O–H groups in total. The van der Waals surface area contributed by atoms with Gasteiger partial charge in [-0.1, -0.05) is 36.8 Å². The molecule has 0 aliphatic carbocycles. The third-order valence-corrected chi connectivity index (χ3v) is 8.04. The topological polar surface area (TPSA) is 107 Å². The molecule has 9 heteroatoms. The van der Waals surface area contributed by atoms with Crippen molar-refractivity contribution in [3.05, 3.63) is 108 Å². The molecule has 6 aromatic rings. The Hall–Kier alpha value is -5.02. The third kappa shape index (κ3) is 7.56. The first-order chi connectivity index (χ1) is 22.0. The molecule has 4 heterocycles. The molecule has 0 radical (unpaired) electrons. The summed E-state index contributed by atoms with van der Waals surface area (Å²) in [5, 5.41) is 5.54. The van der Waals surface area contributed by atoms with E-state index in [0.29, 0.717) is 12.4 Å². The van der Waals surface area contributed by atoms with E-state index in [2.05, 4.69) is 74.7 Å². The van der Waals surface area contributed by atoms with Gasteiger partial charge in [0.05, 0.1) is 22.8 Å². The number of anilines is 2. The predicted octanol–water partition coefficient (Wildman–Crippen LogP) is 6.59. The minimum absolute atomic E-state index is 0.373. The molecule has 0 unspecified atom stereocenters. The van der Waals surface area contributed by atoms with Crippen LogP contribution in [0.25, 0.3) is 27.6 Å². The van der Waals surface area contributed by atoms with Crippen molar-refractivity contribution in [2.75, 3.05) is 37.7 Å². The van der Waals surface area contributed by atoms with E-state index in [0.717, 1.165) is 76.4 Å². The highest BCUT2D eigenvalue weighted by molar-refractivity contribution is 5.92. The Bertz CT molecular complexity index is 1870. The Labute approximate surface area is 264 Å². The first-order valence-corrected chi connectivity index (χ1v) is 15.6. The van der Waals surface area contributed by atoms with E-state index in [-0.39, 0.29) is 0 Å². The van der Waals surface area contributed by atoms with Crippen LogP contribution < -0.4 is 15.8 Å². The van der Waals surface area contributed by atoms with Crippen molar-refractivity contribution in [1.29, 1.82) is 0 Å². The van der Waals surface area contributed by atoms with Crippen LogP contribution in [-0.4, -0.2) is 56.1 Å². The smallest absolute Gasteiger partial charge is 0.150 e. The molecule has 230 valence electrons. The van der Waals surface area contributed by atoms with E-state index in [1.807, 2.05) is 48.1 Å². The van der Waals surface area contributed by atoms with Crippen molar-refractivity contribution < 1.29 is 4.74 Å². The average Bonchev–Trinajstić information content (AvgIpc) is 3.50. The van der Waals surface area contributed by atoms with E-state index < -0.39 is 0 Å². The molecule has 6 rings (SSSR count). The molecular weight excluding hydrogens is 560 g/mol. The first-order valence-electron chi connectivity index (χ1n) is 15.6. The molecule has 0 fully saturated rings. The molecular formula is C36H40N8O. The maximum absolute atomic E-state index is 6.19. The van der Waals surface area contributed by atoms with Gasteiger partial charge in [0.25, 0.3) is 0 Å². The van der Waals surface area contributed by atoms with Crippen LogP contribution in [0.2, 0.25) is 0 Å². The summed E-state index contributed by atoms with van der Waals surface area (Å²) in [7, 11) is 2.20. The molecule has 0 aliphatic rings. The quantitative estimate of drug-likeness (QED) is 0.135. The number of nitrogens with one attached hydrogen (secondary N) is 1. The lowest BCUT2D eigenvalue weighted by molar-refractivity contribution is 0.306. The number of hydrogen-bond acceptors (Lipinski definition) is 8. The van der Waals surface area contributed by atoms with Crippen LogP contribution in [0.3, 0.4) is 0 Å². The monoisotopic (exact) mass is 600 g/mol. The van der Waals surface area contributed by atoms with Gasteiger partial charge in [0.15, 0.2) is 0 Å². The number of nitrogen functional groups attached to an aromatic ring is 1. The second-order valence-corrected chi connectivity index (χ2v) is 11.5. The van der Waals surface area contributed by atoms with Gasteiger partial charge >= 0.3 is 0 Å². The first kappa shape index (κ1) is 30.0. The fourth-order valence-electron chi connectivity index (χ4n) is 5.63. The van der Waals surface area contributed by atoms with Gasteiger partial charge in [-0.3, -0.25) is 14.5 Å². The maximum atomic E-state index is 6.19. The number of fused-ring (bicyclic) bond motifs is 2. The van der Waals surface area contributed by atoms with Crippen molar-refractivity contribution in [3.8, 4) is 11.4 Å². The number of aromatic nitrogens is 5. The summed E-state index contributed by atoms with van der Waals surface area (Å²) in [5.74, 6) is 1.22. The fourth-order valence-corrected chi connectivity index (χ4v) is 5.63. The van der Waals surface area contributed by atoms with Gasteiger partial charge < -0.3 is 20.7 Å². The van der Waals surface area contributed by atoms with E-state index in [9.17, 15) is 0 Å². The van der Waals surface area contributed by atoms with Crippen LogP contribution in [-0.2, 0) is 13.0 Å². The highest BCUT2D eigenvalue weighted by atomic mass is 16.5. The largest absolute Gasteiger partial charge is 0.489 e. The van der Waals surface area contributed by atoms with E-state index in [1.54, 1.807) is 6.20 Å². The molecule has 9 nitrogen and oxygen atoms in total. The Morgan fingerprint density at radius 2 is 1.78 bits per heavy atom. The van der Waals surface area contributed by atoms with Gasteiger partial charge in [-0.15, -0.1) is 0 Å². The van der Waals surface area contributed by atoms with Gasteiger partial charge in [0.2, 0.25) is 0 Å². The van der Waals surface area contributed by atoms with Gasteiger partial charge in [-0.25, -0.2) is 9.97 Å². The van der Waals surface area contributed by atoms with Gasteiger partial charge in [-0.2, -0.15) is 0 Å². The minimum Gasteiger partial charge on any atom is -0.489 e. The number of likely N-dealkylation sites (N-methyl/N-ethyl adjacent to an activating group) is 1. The second kappa shape index (κ2) is 14.2. The molecule has 0 atom stereocenters. The Balaban J connectivity index is 1.02. The average molecular weight is 601 g/mol. The summed E-state index contributed by atoms with van der Waals surface area (Å²) in [5.41, 5.74) is 13.0. The number of pyridine rings is 2. The normalized spacial score (nSPS) is 11.4.